The molecule has 0 aromatic carbocycles. The minimum Gasteiger partial charge on any atom is -0.384 e. The Labute approximate surface area is 74.2 Å². The van der Waals surface area contributed by atoms with Crippen LogP contribution >= 0.6 is 0 Å². The van der Waals surface area contributed by atoms with Crippen LogP contribution in [0.25, 0.3) is 0 Å². The van der Waals surface area contributed by atoms with Gasteiger partial charge in [0.15, 0.2) is 0 Å². The van der Waals surface area contributed by atoms with Crippen molar-refractivity contribution < 1.29 is 9.47 Å². The maximum atomic E-state index is 6.18. The van der Waals surface area contributed by atoms with Gasteiger partial charge in [0.05, 0.1) is 13.2 Å². The van der Waals surface area contributed by atoms with E-state index in [0.29, 0.717) is 12.5 Å². The van der Waals surface area contributed by atoms with Crippen molar-refractivity contribution in [2.75, 3.05) is 26.9 Å². The highest BCUT2D eigenvalue weighted by molar-refractivity contribution is 4.91. The second kappa shape index (κ2) is 4.21. The Morgan fingerprint density at radius 2 is 2.42 bits per heavy atom. The average molecular weight is 173 g/mol. The highest BCUT2D eigenvalue weighted by Gasteiger charge is 2.33. The first-order valence-electron chi connectivity index (χ1n) is 4.54. The van der Waals surface area contributed by atoms with Crippen LogP contribution < -0.4 is 5.73 Å². The van der Waals surface area contributed by atoms with E-state index in [1.165, 1.54) is 0 Å². The molecule has 0 aromatic rings. The van der Waals surface area contributed by atoms with E-state index in [0.717, 1.165) is 26.1 Å². The molecule has 2 N–H and O–H groups in total. The molecule has 0 amide bonds. The van der Waals surface area contributed by atoms with E-state index in [1.807, 2.05) is 0 Å². The van der Waals surface area contributed by atoms with E-state index in [9.17, 15) is 0 Å². The van der Waals surface area contributed by atoms with Crippen molar-refractivity contribution in [2.24, 2.45) is 11.7 Å². The lowest BCUT2D eigenvalue weighted by molar-refractivity contribution is -0.00426. The van der Waals surface area contributed by atoms with Gasteiger partial charge in [0.25, 0.3) is 0 Å². The van der Waals surface area contributed by atoms with Gasteiger partial charge in [-0.1, -0.05) is 6.92 Å². The second-order valence-corrected chi connectivity index (χ2v) is 3.75. The lowest BCUT2D eigenvalue weighted by atomic mass is 9.82. The zero-order chi connectivity index (χ0) is 9.03. The van der Waals surface area contributed by atoms with Crippen LogP contribution in [-0.2, 0) is 9.47 Å². The van der Waals surface area contributed by atoms with E-state index in [2.05, 4.69) is 6.92 Å². The number of nitrogens with two attached hydrogens (primary N) is 1. The van der Waals surface area contributed by atoms with Crippen LogP contribution in [0.2, 0.25) is 0 Å². The van der Waals surface area contributed by atoms with Crippen LogP contribution in [-0.4, -0.2) is 32.5 Å². The van der Waals surface area contributed by atoms with Crippen LogP contribution in [0.1, 0.15) is 19.8 Å². The van der Waals surface area contributed by atoms with Gasteiger partial charge in [-0.05, 0) is 18.8 Å². The number of hydrogen-bond donors (Lipinski definition) is 1. The number of rotatable bonds is 3. The minimum absolute atomic E-state index is 0.158. The molecule has 72 valence electrons. The maximum Gasteiger partial charge on any atom is 0.0649 e. The van der Waals surface area contributed by atoms with Crippen molar-refractivity contribution in [3.05, 3.63) is 0 Å². The zero-order valence-electron chi connectivity index (χ0n) is 8.01. The summed E-state index contributed by atoms with van der Waals surface area (Å²) in [6, 6.07) is 0. The number of hydrogen-bond acceptors (Lipinski definition) is 3. The Bertz CT molecular complexity index is 132. The molecule has 1 saturated heterocycles. The number of methoxy groups -OCH3 is 1. The van der Waals surface area contributed by atoms with E-state index < -0.39 is 0 Å². The first kappa shape index (κ1) is 9.96. The minimum atomic E-state index is -0.158. The molecule has 1 aliphatic heterocycles. The van der Waals surface area contributed by atoms with Gasteiger partial charge >= 0.3 is 0 Å². The molecule has 1 fully saturated rings. The summed E-state index contributed by atoms with van der Waals surface area (Å²) in [6.07, 6.45) is 2.13. The van der Waals surface area contributed by atoms with Gasteiger partial charge < -0.3 is 15.2 Å². The Balaban J connectivity index is 2.44. The highest BCUT2D eigenvalue weighted by atomic mass is 16.5. The van der Waals surface area contributed by atoms with Crippen molar-refractivity contribution in [2.45, 2.75) is 25.3 Å². The highest BCUT2D eigenvalue weighted by Crippen LogP contribution is 2.24. The zero-order valence-corrected chi connectivity index (χ0v) is 8.01. The molecule has 3 nitrogen and oxygen atoms in total. The molecule has 2 atom stereocenters. The molecule has 0 radical (unpaired) electrons. The predicted molar refractivity (Wildman–Crippen MR) is 48.0 cm³/mol. The average Bonchev–Trinajstić information content (AvgIpc) is 2.06. The Hall–Kier alpha value is -0.120. The van der Waals surface area contributed by atoms with Gasteiger partial charge in [-0.2, -0.15) is 0 Å². The summed E-state index contributed by atoms with van der Waals surface area (Å²) in [5.74, 6) is 0.378. The van der Waals surface area contributed by atoms with Gasteiger partial charge in [0, 0.05) is 19.3 Å². The molecule has 1 heterocycles. The molecular weight excluding hydrogens is 154 g/mol. The van der Waals surface area contributed by atoms with Gasteiger partial charge in [0.1, 0.15) is 0 Å². The largest absolute Gasteiger partial charge is 0.384 e. The van der Waals surface area contributed by atoms with Crippen LogP contribution in [0.15, 0.2) is 0 Å². The third-order valence-electron chi connectivity index (χ3n) is 2.70. The Kier molecular flexibility index (Phi) is 3.50. The summed E-state index contributed by atoms with van der Waals surface area (Å²) in [7, 11) is 1.71. The molecule has 1 rings (SSSR count). The van der Waals surface area contributed by atoms with Crippen molar-refractivity contribution in [3.63, 3.8) is 0 Å². The first-order valence-corrected chi connectivity index (χ1v) is 4.54. The van der Waals surface area contributed by atoms with Gasteiger partial charge in [-0.25, -0.2) is 0 Å². The monoisotopic (exact) mass is 173 g/mol. The Morgan fingerprint density at radius 3 is 2.92 bits per heavy atom. The summed E-state index contributed by atoms with van der Waals surface area (Å²) in [4.78, 5) is 0. The standard InChI is InChI=1S/C9H19NO2/c1-8(6-11-2)9(10)4-3-5-12-7-9/h8H,3-7,10H2,1-2H3. The fourth-order valence-corrected chi connectivity index (χ4v) is 1.64. The number of ether oxygens (including phenoxy) is 2. The van der Waals surface area contributed by atoms with Crippen molar-refractivity contribution in [3.8, 4) is 0 Å². The van der Waals surface area contributed by atoms with Crippen molar-refractivity contribution >= 4 is 0 Å². The molecule has 0 aliphatic carbocycles. The summed E-state index contributed by atoms with van der Waals surface area (Å²) in [5, 5.41) is 0. The SMILES string of the molecule is COCC(C)C1(N)CCCOC1. The van der Waals surface area contributed by atoms with Crippen LogP contribution in [0, 0.1) is 5.92 Å². The lowest BCUT2D eigenvalue weighted by Gasteiger charge is -2.38. The fraction of sp³-hybridized carbons (Fsp3) is 1.00. The summed E-state index contributed by atoms with van der Waals surface area (Å²) >= 11 is 0. The maximum absolute atomic E-state index is 6.18. The molecule has 0 aromatic heterocycles. The van der Waals surface area contributed by atoms with E-state index in [1.54, 1.807) is 7.11 Å². The van der Waals surface area contributed by atoms with Gasteiger partial charge in [0.2, 0.25) is 0 Å². The molecule has 0 bridgehead atoms. The summed E-state index contributed by atoms with van der Waals surface area (Å²) in [5.41, 5.74) is 6.03. The van der Waals surface area contributed by atoms with Crippen LogP contribution in [0.3, 0.4) is 0 Å². The fourth-order valence-electron chi connectivity index (χ4n) is 1.64. The Morgan fingerprint density at radius 1 is 1.67 bits per heavy atom. The normalized spacial score (nSPS) is 33.2. The van der Waals surface area contributed by atoms with Crippen molar-refractivity contribution in [1.82, 2.24) is 0 Å². The van der Waals surface area contributed by atoms with Gasteiger partial charge in [-0.3, -0.25) is 0 Å². The third-order valence-corrected chi connectivity index (χ3v) is 2.70. The van der Waals surface area contributed by atoms with E-state index >= 15 is 0 Å². The molecule has 2 unspecified atom stereocenters. The summed E-state index contributed by atoms with van der Waals surface area (Å²) < 4.78 is 10.5. The van der Waals surface area contributed by atoms with Crippen LogP contribution in [0.4, 0.5) is 0 Å². The molecular formula is C9H19NO2. The first-order chi connectivity index (χ1) is 5.69. The van der Waals surface area contributed by atoms with E-state index in [-0.39, 0.29) is 5.54 Å². The summed E-state index contributed by atoms with van der Waals surface area (Å²) in [6.45, 7) is 4.38. The van der Waals surface area contributed by atoms with Crippen molar-refractivity contribution in [1.29, 1.82) is 0 Å². The lowest BCUT2D eigenvalue weighted by Crippen LogP contribution is -2.53. The quantitative estimate of drug-likeness (QED) is 0.686. The van der Waals surface area contributed by atoms with Crippen LogP contribution in [0.5, 0.6) is 0 Å². The molecule has 3 heteroatoms. The molecule has 12 heavy (non-hydrogen) atoms. The predicted octanol–water partition coefficient (Wildman–Crippen LogP) is 0.777. The molecule has 0 spiro atoms. The topological polar surface area (TPSA) is 44.5 Å². The molecule has 0 saturated carbocycles. The van der Waals surface area contributed by atoms with E-state index in [4.69, 9.17) is 15.2 Å². The third kappa shape index (κ3) is 2.19. The van der Waals surface area contributed by atoms with Gasteiger partial charge in [-0.15, -0.1) is 0 Å². The molecule has 1 aliphatic rings. The smallest absolute Gasteiger partial charge is 0.0649 e. The second-order valence-electron chi connectivity index (χ2n) is 3.75.